The van der Waals surface area contributed by atoms with Gasteiger partial charge in [-0.2, -0.15) is 0 Å². The molecule has 18 heavy (non-hydrogen) atoms. The monoisotopic (exact) mass is 316 g/mol. The first-order chi connectivity index (χ1) is 8.60. The van der Waals surface area contributed by atoms with Gasteiger partial charge in [-0.1, -0.05) is 0 Å². The van der Waals surface area contributed by atoms with Crippen molar-refractivity contribution in [1.82, 2.24) is 9.97 Å². The summed E-state index contributed by atoms with van der Waals surface area (Å²) in [4.78, 5) is 19.7. The SMILES string of the molecule is CCNc1ncnc(NC(C)C(=O)OCC)c1Br. The first-order valence-electron chi connectivity index (χ1n) is 5.77. The van der Waals surface area contributed by atoms with Gasteiger partial charge in [0.25, 0.3) is 0 Å². The van der Waals surface area contributed by atoms with Crippen molar-refractivity contribution in [3.63, 3.8) is 0 Å². The number of nitrogens with zero attached hydrogens (tertiary/aromatic N) is 2. The van der Waals surface area contributed by atoms with Crippen molar-refractivity contribution in [1.29, 1.82) is 0 Å². The van der Waals surface area contributed by atoms with Gasteiger partial charge in [0.05, 0.1) is 6.61 Å². The van der Waals surface area contributed by atoms with Crippen LogP contribution in [-0.4, -0.2) is 35.1 Å². The summed E-state index contributed by atoms with van der Waals surface area (Å²) in [6.07, 6.45) is 1.43. The number of nitrogens with one attached hydrogen (secondary N) is 2. The van der Waals surface area contributed by atoms with Crippen molar-refractivity contribution < 1.29 is 9.53 Å². The van der Waals surface area contributed by atoms with Gasteiger partial charge in [-0.15, -0.1) is 0 Å². The molecule has 0 saturated heterocycles. The number of rotatable bonds is 6. The molecule has 0 aromatic carbocycles. The highest BCUT2D eigenvalue weighted by Gasteiger charge is 2.16. The predicted molar refractivity (Wildman–Crippen MR) is 73.6 cm³/mol. The van der Waals surface area contributed by atoms with E-state index < -0.39 is 6.04 Å². The largest absolute Gasteiger partial charge is 0.464 e. The lowest BCUT2D eigenvalue weighted by Crippen LogP contribution is -2.28. The molecule has 1 rings (SSSR count). The van der Waals surface area contributed by atoms with Crippen LogP contribution in [0.5, 0.6) is 0 Å². The quantitative estimate of drug-likeness (QED) is 0.782. The van der Waals surface area contributed by atoms with Gasteiger partial charge in [-0.3, -0.25) is 0 Å². The summed E-state index contributed by atoms with van der Waals surface area (Å²) in [6.45, 7) is 6.58. The topological polar surface area (TPSA) is 76.1 Å². The smallest absolute Gasteiger partial charge is 0.328 e. The zero-order valence-corrected chi connectivity index (χ0v) is 12.2. The van der Waals surface area contributed by atoms with E-state index in [9.17, 15) is 4.79 Å². The van der Waals surface area contributed by atoms with Gasteiger partial charge in [0, 0.05) is 6.54 Å². The predicted octanol–water partition coefficient (Wildman–Crippen LogP) is 2.03. The number of aromatic nitrogens is 2. The van der Waals surface area contributed by atoms with E-state index in [1.54, 1.807) is 13.8 Å². The van der Waals surface area contributed by atoms with Crippen LogP contribution in [0.15, 0.2) is 10.8 Å². The molecule has 0 fully saturated rings. The normalized spacial score (nSPS) is 11.8. The molecule has 0 aliphatic heterocycles. The van der Waals surface area contributed by atoms with Crippen LogP contribution in [0.4, 0.5) is 11.6 Å². The molecular formula is C11H17BrN4O2. The van der Waals surface area contributed by atoms with Crippen molar-refractivity contribution in [3.05, 3.63) is 10.8 Å². The number of ether oxygens (including phenoxy) is 1. The van der Waals surface area contributed by atoms with E-state index in [1.807, 2.05) is 6.92 Å². The summed E-state index contributed by atoms with van der Waals surface area (Å²) in [7, 11) is 0. The number of esters is 1. The summed E-state index contributed by atoms with van der Waals surface area (Å²) >= 11 is 3.40. The molecule has 1 atom stereocenters. The van der Waals surface area contributed by atoms with E-state index in [0.717, 1.165) is 6.54 Å². The summed E-state index contributed by atoms with van der Waals surface area (Å²) in [6, 6.07) is -0.467. The Labute approximate surface area is 115 Å². The standard InChI is InChI=1S/C11H17BrN4O2/c1-4-13-9-8(12)10(15-6-14-9)16-7(3)11(17)18-5-2/h6-7H,4-5H2,1-3H3,(H2,13,14,15,16). The average Bonchev–Trinajstić information content (AvgIpc) is 2.34. The second-order valence-corrected chi connectivity index (χ2v) is 4.33. The van der Waals surface area contributed by atoms with Crippen LogP contribution in [0.25, 0.3) is 0 Å². The lowest BCUT2D eigenvalue weighted by molar-refractivity contribution is -0.143. The van der Waals surface area contributed by atoms with Gasteiger partial charge in [0.2, 0.25) is 0 Å². The highest BCUT2D eigenvalue weighted by Crippen LogP contribution is 2.26. The van der Waals surface area contributed by atoms with Gasteiger partial charge in [-0.05, 0) is 36.7 Å². The number of carbonyl (C=O) groups is 1. The number of halogens is 1. The number of hydrogen-bond acceptors (Lipinski definition) is 6. The van der Waals surface area contributed by atoms with Gasteiger partial charge in [0.1, 0.15) is 28.5 Å². The van der Waals surface area contributed by atoms with E-state index in [2.05, 4.69) is 36.5 Å². The molecule has 0 saturated carbocycles. The van der Waals surface area contributed by atoms with Crippen LogP contribution in [0.3, 0.4) is 0 Å². The van der Waals surface area contributed by atoms with Crippen molar-refractivity contribution in [3.8, 4) is 0 Å². The lowest BCUT2D eigenvalue weighted by Gasteiger charge is -2.15. The molecule has 0 spiro atoms. The molecule has 1 aromatic heterocycles. The second kappa shape index (κ2) is 7.15. The molecule has 1 unspecified atom stereocenters. The van der Waals surface area contributed by atoms with Crippen molar-refractivity contribution in [2.45, 2.75) is 26.8 Å². The van der Waals surface area contributed by atoms with Gasteiger partial charge in [0.15, 0.2) is 0 Å². The summed E-state index contributed by atoms with van der Waals surface area (Å²) < 4.78 is 5.61. The minimum absolute atomic E-state index is 0.312. The minimum Gasteiger partial charge on any atom is -0.464 e. The molecule has 0 aliphatic rings. The fourth-order valence-corrected chi connectivity index (χ4v) is 1.75. The Morgan fingerprint density at radius 3 is 2.72 bits per heavy atom. The minimum atomic E-state index is -0.467. The van der Waals surface area contributed by atoms with Crippen LogP contribution < -0.4 is 10.6 Å². The van der Waals surface area contributed by atoms with E-state index in [4.69, 9.17) is 4.74 Å². The number of anilines is 2. The Kier molecular flexibility index (Phi) is 5.84. The van der Waals surface area contributed by atoms with Crippen LogP contribution >= 0.6 is 15.9 Å². The maximum atomic E-state index is 11.5. The highest BCUT2D eigenvalue weighted by molar-refractivity contribution is 9.10. The van der Waals surface area contributed by atoms with Crippen molar-refractivity contribution in [2.75, 3.05) is 23.8 Å². The Hall–Kier alpha value is -1.37. The third-order valence-electron chi connectivity index (χ3n) is 2.13. The third kappa shape index (κ3) is 3.83. The molecule has 0 amide bonds. The molecule has 2 N–H and O–H groups in total. The molecule has 6 nitrogen and oxygen atoms in total. The van der Waals surface area contributed by atoms with E-state index >= 15 is 0 Å². The van der Waals surface area contributed by atoms with Crippen LogP contribution in [0, 0.1) is 0 Å². The lowest BCUT2D eigenvalue weighted by atomic mass is 10.3. The summed E-state index contributed by atoms with van der Waals surface area (Å²) in [5, 5.41) is 6.07. The van der Waals surface area contributed by atoms with Crippen LogP contribution in [0.2, 0.25) is 0 Å². The van der Waals surface area contributed by atoms with Crippen LogP contribution in [-0.2, 0) is 9.53 Å². The Bertz CT molecular complexity index is 414. The van der Waals surface area contributed by atoms with E-state index in [1.165, 1.54) is 6.33 Å². The van der Waals surface area contributed by atoms with Gasteiger partial charge >= 0.3 is 5.97 Å². The third-order valence-corrected chi connectivity index (χ3v) is 2.88. The first-order valence-corrected chi connectivity index (χ1v) is 6.56. The van der Waals surface area contributed by atoms with Crippen molar-refractivity contribution >= 4 is 33.5 Å². The Morgan fingerprint density at radius 1 is 1.44 bits per heavy atom. The summed E-state index contributed by atoms with van der Waals surface area (Å²) in [5.74, 6) is 0.931. The van der Waals surface area contributed by atoms with E-state index in [-0.39, 0.29) is 5.97 Å². The van der Waals surface area contributed by atoms with Crippen LogP contribution in [0.1, 0.15) is 20.8 Å². The highest BCUT2D eigenvalue weighted by atomic mass is 79.9. The van der Waals surface area contributed by atoms with Crippen molar-refractivity contribution in [2.24, 2.45) is 0 Å². The molecule has 0 bridgehead atoms. The fourth-order valence-electron chi connectivity index (χ4n) is 1.29. The average molecular weight is 317 g/mol. The summed E-state index contributed by atoms with van der Waals surface area (Å²) in [5.41, 5.74) is 0. The molecule has 100 valence electrons. The zero-order chi connectivity index (χ0) is 13.5. The number of hydrogen-bond donors (Lipinski definition) is 2. The maximum Gasteiger partial charge on any atom is 0.328 e. The van der Waals surface area contributed by atoms with Gasteiger partial charge in [-0.25, -0.2) is 14.8 Å². The van der Waals surface area contributed by atoms with Gasteiger partial charge < -0.3 is 15.4 Å². The Morgan fingerprint density at radius 2 is 2.11 bits per heavy atom. The molecular weight excluding hydrogens is 300 g/mol. The Balaban J connectivity index is 2.78. The molecule has 7 heteroatoms. The molecule has 1 aromatic rings. The van der Waals surface area contributed by atoms with E-state index in [0.29, 0.717) is 22.7 Å². The molecule has 0 aliphatic carbocycles. The molecule has 1 heterocycles. The first kappa shape index (κ1) is 14.7. The zero-order valence-electron chi connectivity index (χ0n) is 10.7. The second-order valence-electron chi connectivity index (χ2n) is 3.53. The molecule has 0 radical (unpaired) electrons. The fraction of sp³-hybridized carbons (Fsp3) is 0.545. The number of carbonyl (C=O) groups excluding carboxylic acids is 1. The maximum absolute atomic E-state index is 11.5.